The third kappa shape index (κ3) is 4.63. The van der Waals surface area contributed by atoms with E-state index >= 15 is 0 Å². The molecule has 0 saturated carbocycles. The summed E-state index contributed by atoms with van der Waals surface area (Å²) in [5, 5.41) is 11.2. The summed E-state index contributed by atoms with van der Waals surface area (Å²) in [5.41, 5.74) is 3.48. The van der Waals surface area contributed by atoms with Crippen LogP contribution in [0.4, 0.5) is 11.6 Å². The second-order valence-electron chi connectivity index (χ2n) is 8.21. The van der Waals surface area contributed by atoms with E-state index in [-0.39, 0.29) is 5.91 Å². The van der Waals surface area contributed by atoms with Crippen molar-refractivity contribution in [3.05, 3.63) is 107 Å². The van der Waals surface area contributed by atoms with E-state index in [1.54, 1.807) is 36.1 Å². The molecule has 8 nitrogen and oxygen atoms in total. The van der Waals surface area contributed by atoms with Crippen molar-refractivity contribution < 1.29 is 14.3 Å². The smallest absolute Gasteiger partial charge is 0.255 e. The number of halogens is 1. The molecule has 36 heavy (non-hydrogen) atoms. The highest BCUT2D eigenvalue weighted by atomic mass is 35.5. The molecule has 3 aromatic carbocycles. The van der Waals surface area contributed by atoms with Gasteiger partial charge in [-0.3, -0.25) is 4.79 Å². The number of anilines is 2. The number of aromatic nitrogens is 3. The van der Waals surface area contributed by atoms with Gasteiger partial charge in [0.25, 0.3) is 5.91 Å². The molecule has 1 aliphatic heterocycles. The van der Waals surface area contributed by atoms with E-state index in [0.29, 0.717) is 46.0 Å². The first-order chi connectivity index (χ1) is 17.5. The van der Waals surface area contributed by atoms with Crippen molar-refractivity contribution in [3.63, 3.8) is 0 Å². The Kier molecular flexibility index (Phi) is 6.60. The maximum absolute atomic E-state index is 13.6. The van der Waals surface area contributed by atoms with Crippen LogP contribution in [0.1, 0.15) is 24.1 Å². The molecule has 1 aromatic heterocycles. The minimum atomic E-state index is -0.614. The number of ether oxygens (including phenoxy) is 2. The van der Waals surface area contributed by atoms with Gasteiger partial charge in [-0.2, -0.15) is 10.1 Å². The van der Waals surface area contributed by atoms with Gasteiger partial charge in [-0.05, 0) is 42.8 Å². The Balaban J connectivity index is 1.57. The maximum Gasteiger partial charge on any atom is 0.255 e. The molecule has 2 N–H and O–H groups in total. The highest BCUT2D eigenvalue weighted by Crippen LogP contribution is 2.43. The van der Waals surface area contributed by atoms with E-state index in [4.69, 9.17) is 21.1 Å². The average Bonchev–Trinajstić information content (AvgIpc) is 3.36. The molecule has 2 heterocycles. The molecule has 9 heteroatoms. The fourth-order valence-electron chi connectivity index (χ4n) is 4.20. The maximum atomic E-state index is 13.6. The third-order valence-electron chi connectivity index (χ3n) is 5.89. The van der Waals surface area contributed by atoms with Crippen LogP contribution in [0.2, 0.25) is 5.02 Å². The van der Waals surface area contributed by atoms with Gasteiger partial charge in [-0.25, -0.2) is 4.68 Å². The molecule has 1 aliphatic rings. The van der Waals surface area contributed by atoms with Crippen molar-refractivity contribution in [3.8, 4) is 11.5 Å². The Morgan fingerprint density at radius 2 is 1.86 bits per heavy atom. The standard InChI is InChI=1S/C27H24ClN5O3/c1-17-23(26(34)32-20-13-11-19(28)12-14-20)24(33-27(31-17)29-16-30-33)21-9-6-10-22(35-2)25(21)36-15-18-7-4-3-5-8-18/h3-14,16,24H,15H2,1-2H3,(H,32,34)(H,29,30,31). The number of hydrogen-bond donors (Lipinski definition) is 2. The number of rotatable bonds is 7. The number of carbonyl (C=O) groups is 1. The molecule has 0 fully saturated rings. The first kappa shape index (κ1) is 23.4. The molecular weight excluding hydrogens is 478 g/mol. The minimum absolute atomic E-state index is 0.287. The molecule has 1 atom stereocenters. The van der Waals surface area contributed by atoms with E-state index in [9.17, 15) is 4.79 Å². The predicted octanol–water partition coefficient (Wildman–Crippen LogP) is 5.45. The van der Waals surface area contributed by atoms with E-state index in [1.165, 1.54) is 6.33 Å². The zero-order valence-corrected chi connectivity index (χ0v) is 20.5. The van der Waals surface area contributed by atoms with Crippen LogP contribution in [0.5, 0.6) is 11.5 Å². The number of benzene rings is 3. The van der Waals surface area contributed by atoms with E-state index < -0.39 is 6.04 Å². The quantitative estimate of drug-likeness (QED) is 0.350. The lowest BCUT2D eigenvalue weighted by Gasteiger charge is -2.30. The molecule has 182 valence electrons. The summed E-state index contributed by atoms with van der Waals surface area (Å²) in [5.74, 6) is 1.32. The molecular formula is C27H24ClN5O3. The number of para-hydroxylation sites is 1. The largest absolute Gasteiger partial charge is 0.493 e. The van der Waals surface area contributed by atoms with Gasteiger partial charge < -0.3 is 20.1 Å². The number of allylic oxidation sites excluding steroid dienone is 1. The van der Waals surface area contributed by atoms with Crippen LogP contribution in [0, 0.1) is 0 Å². The molecule has 0 saturated heterocycles. The zero-order chi connectivity index (χ0) is 25.1. The lowest BCUT2D eigenvalue weighted by atomic mass is 9.94. The molecule has 0 spiro atoms. The Morgan fingerprint density at radius 3 is 2.61 bits per heavy atom. The lowest BCUT2D eigenvalue weighted by molar-refractivity contribution is -0.113. The van der Waals surface area contributed by atoms with Crippen LogP contribution in [0.3, 0.4) is 0 Å². The van der Waals surface area contributed by atoms with Gasteiger partial charge in [0.05, 0.1) is 12.7 Å². The number of carbonyl (C=O) groups excluding carboxylic acids is 1. The monoisotopic (exact) mass is 501 g/mol. The van der Waals surface area contributed by atoms with Crippen molar-refractivity contribution >= 4 is 29.1 Å². The van der Waals surface area contributed by atoms with Gasteiger partial charge >= 0.3 is 0 Å². The first-order valence-electron chi connectivity index (χ1n) is 11.3. The van der Waals surface area contributed by atoms with Crippen molar-refractivity contribution in [2.24, 2.45) is 0 Å². The van der Waals surface area contributed by atoms with Crippen LogP contribution in [-0.4, -0.2) is 27.8 Å². The first-order valence-corrected chi connectivity index (χ1v) is 11.7. The van der Waals surface area contributed by atoms with Crippen LogP contribution in [0.25, 0.3) is 0 Å². The van der Waals surface area contributed by atoms with Gasteiger partial charge in [0.15, 0.2) is 11.5 Å². The number of amides is 1. The van der Waals surface area contributed by atoms with Crippen molar-refractivity contribution in [2.45, 2.75) is 19.6 Å². The van der Waals surface area contributed by atoms with Gasteiger partial charge in [-0.15, -0.1) is 0 Å². The molecule has 0 bridgehead atoms. The van der Waals surface area contributed by atoms with Gasteiger partial charge in [-0.1, -0.05) is 54.1 Å². The summed E-state index contributed by atoms with van der Waals surface area (Å²) in [4.78, 5) is 18.0. The number of nitrogens with zero attached hydrogens (tertiary/aromatic N) is 3. The topological polar surface area (TPSA) is 90.3 Å². The summed E-state index contributed by atoms with van der Waals surface area (Å²) in [6.45, 7) is 2.17. The van der Waals surface area contributed by atoms with Crippen molar-refractivity contribution in [1.29, 1.82) is 0 Å². The second kappa shape index (κ2) is 10.1. The summed E-state index contributed by atoms with van der Waals surface area (Å²) in [6, 6.07) is 21.8. The molecule has 1 unspecified atom stereocenters. The summed E-state index contributed by atoms with van der Waals surface area (Å²) in [6.07, 6.45) is 1.45. The lowest BCUT2D eigenvalue weighted by Crippen LogP contribution is -2.31. The highest BCUT2D eigenvalue weighted by molar-refractivity contribution is 6.30. The fraction of sp³-hybridized carbons (Fsp3) is 0.148. The molecule has 1 amide bonds. The zero-order valence-electron chi connectivity index (χ0n) is 19.7. The number of fused-ring (bicyclic) bond motifs is 1. The number of methoxy groups -OCH3 is 1. The average molecular weight is 502 g/mol. The second-order valence-corrected chi connectivity index (χ2v) is 8.64. The molecule has 4 aromatic rings. The summed E-state index contributed by atoms with van der Waals surface area (Å²) in [7, 11) is 1.59. The molecule has 0 radical (unpaired) electrons. The van der Waals surface area contributed by atoms with Crippen molar-refractivity contribution in [1.82, 2.24) is 14.8 Å². The van der Waals surface area contributed by atoms with Crippen LogP contribution in [-0.2, 0) is 11.4 Å². The van der Waals surface area contributed by atoms with E-state index in [1.807, 2.05) is 55.5 Å². The number of nitrogens with one attached hydrogen (secondary N) is 2. The van der Waals surface area contributed by atoms with E-state index in [2.05, 4.69) is 20.7 Å². The number of hydrogen-bond acceptors (Lipinski definition) is 6. The Hall–Kier alpha value is -4.30. The van der Waals surface area contributed by atoms with Gasteiger partial charge in [0.1, 0.15) is 19.0 Å². The Morgan fingerprint density at radius 1 is 1.08 bits per heavy atom. The van der Waals surface area contributed by atoms with Gasteiger partial charge in [0.2, 0.25) is 5.95 Å². The van der Waals surface area contributed by atoms with Crippen LogP contribution < -0.4 is 20.1 Å². The molecule has 0 aliphatic carbocycles. The Bertz CT molecular complexity index is 1420. The van der Waals surface area contributed by atoms with E-state index in [0.717, 1.165) is 11.1 Å². The van der Waals surface area contributed by atoms with Crippen LogP contribution >= 0.6 is 11.6 Å². The minimum Gasteiger partial charge on any atom is -0.493 e. The van der Waals surface area contributed by atoms with Crippen molar-refractivity contribution in [2.75, 3.05) is 17.7 Å². The Labute approximate surface area is 213 Å². The highest BCUT2D eigenvalue weighted by Gasteiger charge is 2.36. The predicted molar refractivity (Wildman–Crippen MR) is 138 cm³/mol. The van der Waals surface area contributed by atoms with Crippen LogP contribution in [0.15, 0.2) is 90.4 Å². The SMILES string of the molecule is COc1cccc(C2C(C(=O)Nc3ccc(Cl)cc3)=C(C)Nc3ncnn32)c1OCc1ccccc1. The van der Waals surface area contributed by atoms with Gasteiger partial charge in [0, 0.05) is 22.0 Å². The third-order valence-corrected chi connectivity index (χ3v) is 6.14. The summed E-state index contributed by atoms with van der Waals surface area (Å²) < 4.78 is 13.6. The normalized spacial score (nSPS) is 14.6. The molecule has 5 rings (SSSR count). The fourth-order valence-corrected chi connectivity index (χ4v) is 4.32. The summed E-state index contributed by atoms with van der Waals surface area (Å²) >= 11 is 6.01.